The molecule has 20 heavy (non-hydrogen) atoms. The Morgan fingerprint density at radius 1 is 1.55 bits per heavy atom. The van der Waals surface area contributed by atoms with E-state index >= 15 is 0 Å². The average Bonchev–Trinajstić information content (AvgIpc) is 2.46. The lowest BCUT2D eigenvalue weighted by molar-refractivity contribution is -0.385. The van der Waals surface area contributed by atoms with E-state index in [0.29, 0.717) is 22.9 Å². The summed E-state index contributed by atoms with van der Waals surface area (Å²) in [5.41, 5.74) is -0.0750. The maximum Gasteiger partial charge on any atom is 0.289 e. The standard InChI is InChI=1S/C13H19ClN4O2/c1-3-9-8-17(10(4-2)6-15-9)13-12(14)5-11(7-16-13)18(19)20/h5,7,9-10,15H,3-4,6,8H2,1-2H3. The van der Waals surface area contributed by atoms with Crippen molar-refractivity contribution in [2.75, 3.05) is 18.0 Å². The van der Waals surface area contributed by atoms with E-state index in [1.165, 1.54) is 12.3 Å². The Kier molecular flexibility index (Phi) is 4.77. The number of rotatable bonds is 4. The number of hydrogen-bond acceptors (Lipinski definition) is 5. The second kappa shape index (κ2) is 6.37. The number of nitrogens with zero attached hydrogens (tertiary/aromatic N) is 3. The molecular weight excluding hydrogens is 280 g/mol. The van der Waals surface area contributed by atoms with Crippen LogP contribution in [0.15, 0.2) is 12.3 Å². The van der Waals surface area contributed by atoms with E-state index in [9.17, 15) is 10.1 Å². The lowest BCUT2D eigenvalue weighted by Gasteiger charge is -2.41. The number of aromatic nitrogens is 1. The molecule has 0 radical (unpaired) electrons. The van der Waals surface area contributed by atoms with Crippen LogP contribution in [0.2, 0.25) is 5.02 Å². The Morgan fingerprint density at radius 2 is 2.30 bits per heavy atom. The van der Waals surface area contributed by atoms with E-state index in [2.05, 4.69) is 29.0 Å². The largest absolute Gasteiger partial charge is 0.350 e. The molecule has 1 aliphatic rings. The summed E-state index contributed by atoms with van der Waals surface area (Å²) in [4.78, 5) is 16.6. The molecule has 0 aliphatic carbocycles. The summed E-state index contributed by atoms with van der Waals surface area (Å²) in [7, 11) is 0. The van der Waals surface area contributed by atoms with Gasteiger partial charge in [-0.25, -0.2) is 4.98 Å². The summed E-state index contributed by atoms with van der Waals surface area (Å²) in [5.74, 6) is 0.643. The first-order valence-corrected chi connectivity index (χ1v) is 7.24. The molecule has 0 amide bonds. The maximum absolute atomic E-state index is 10.7. The van der Waals surface area contributed by atoms with Crippen LogP contribution < -0.4 is 10.2 Å². The SMILES string of the molecule is CCC1CN(c2ncc([N+](=O)[O-])cc2Cl)C(CC)CN1. The van der Waals surface area contributed by atoms with Gasteiger partial charge in [0.2, 0.25) is 0 Å². The van der Waals surface area contributed by atoms with Crippen LogP contribution in [-0.4, -0.2) is 35.1 Å². The van der Waals surface area contributed by atoms with Gasteiger partial charge >= 0.3 is 0 Å². The third-order valence-electron chi connectivity index (χ3n) is 3.75. The fraction of sp³-hybridized carbons (Fsp3) is 0.615. The topological polar surface area (TPSA) is 71.3 Å². The predicted octanol–water partition coefficient (Wildman–Crippen LogP) is 2.61. The van der Waals surface area contributed by atoms with Crippen LogP contribution in [0.5, 0.6) is 0 Å². The molecule has 1 aromatic rings. The Hall–Kier alpha value is -1.40. The third-order valence-corrected chi connectivity index (χ3v) is 4.03. The van der Waals surface area contributed by atoms with Crippen LogP contribution in [0.25, 0.3) is 0 Å². The van der Waals surface area contributed by atoms with Gasteiger partial charge in [0.25, 0.3) is 5.69 Å². The fourth-order valence-electron chi connectivity index (χ4n) is 2.49. The summed E-state index contributed by atoms with van der Waals surface area (Å²) in [6.07, 6.45) is 3.27. The van der Waals surface area contributed by atoms with Gasteiger partial charge in [-0.1, -0.05) is 25.4 Å². The van der Waals surface area contributed by atoms with Crippen LogP contribution in [0, 0.1) is 10.1 Å². The minimum absolute atomic E-state index is 0.0750. The highest BCUT2D eigenvalue weighted by Gasteiger charge is 2.28. The van der Waals surface area contributed by atoms with Crippen LogP contribution >= 0.6 is 11.6 Å². The summed E-state index contributed by atoms with van der Waals surface area (Å²) in [5, 5.41) is 14.6. The molecule has 2 heterocycles. The van der Waals surface area contributed by atoms with E-state index in [0.717, 1.165) is 25.9 Å². The highest BCUT2D eigenvalue weighted by Crippen LogP contribution is 2.30. The molecule has 2 rings (SSSR count). The van der Waals surface area contributed by atoms with Crippen molar-refractivity contribution in [3.05, 3.63) is 27.4 Å². The van der Waals surface area contributed by atoms with Crippen molar-refractivity contribution in [1.82, 2.24) is 10.3 Å². The molecule has 0 spiro atoms. The molecule has 6 nitrogen and oxygen atoms in total. The smallest absolute Gasteiger partial charge is 0.289 e. The lowest BCUT2D eigenvalue weighted by atomic mass is 10.1. The van der Waals surface area contributed by atoms with Gasteiger partial charge in [-0.05, 0) is 12.8 Å². The molecule has 1 saturated heterocycles. The first-order chi connectivity index (χ1) is 9.56. The van der Waals surface area contributed by atoms with Gasteiger partial charge in [0, 0.05) is 31.2 Å². The van der Waals surface area contributed by atoms with Crippen LogP contribution in [0.3, 0.4) is 0 Å². The van der Waals surface area contributed by atoms with Gasteiger partial charge in [-0.2, -0.15) is 0 Å². The van der Waals surface area contributed by atoms with Crippen molar-refractivity contribution in [3.8, 4) is 0 Å². The molecular formula is C13H19ClN4O2. The number of nitro groups is 1. The van der Waals surface area contributed by atoms with Crippen molar-refractivity contribution in [3.63, 3.8) is 0 Å². The highest BCUT2D eigenvalue weighted by molar-refractivity contribution is 6.33. The number of halogens is 1. The Morgan fingerprint density at radius 3 is 2.85 bits per heavy atom. The molecule has 1 aromatic heterocycles. The van der Waals surface area contributed by atoms with Crippen molar-refractivity contribution in [2.24, 2.45) is 0 Å². The number of anilines is 1. The summed E-state index contributed by atoms with van der Waals surface area (Å²) < 4.78 is 0. The first-order valence-electron chi connectivity index (χ1n) is 6.86. The van der Waals surface area contributed by atoms with Gasteiger partial charge in [0.15, 0.2) is 0 Å². The Bertz CT molecular complexity index is 497. The average molecular weight is 299 g/mol. The molecule has 110 valence electrons. The fourth-order valence-corrected chi connectivity index (χ4v) is 2.76. The van der Waals surface area contributed by atoms with E-state index in [-0.39, 0.29) is 5.69 Å². The second-order valence-corrected chi connectivity index (χ2v) is 5.39. The van der Waals surface area contributed by atoms with Crippen LogP contribution in [0.4, 0.5) is 11.5 Å². The first kappa shape index (κ1) is 15.0. The van der Waals surface area contributed by atoms with Gasteiger partial charge in [0.1, 0.15) is 12.0 Å². The van der Waals surface area contributed by atoms with Crippen molar-refractivity contribution in [1.29, 1.82) is 0 Å². The predicted molar refractivity (Wildman–Crippen MR) is 79.4 cm³/mol. The zero-order valence-electron chi connectivity index (χ0n) is 11.7. The van der Waals surface area contributed by atoms with E-state index in [4.69, 9.17) is 11.6 Å². The zero-order chi connectivity index (χ0) is 14.7. The minimum atomic E-state index is -0.480. The summed E-state index contributed by atoms with van der Waals surface area (Å²) in [6, 6.07) is 2.08. The molecule has 1 fully saturated rings. The zero-order valence-corrected chi connectivity index (χ0v) is 12.4. The molecule has 7 heteroatoms. The molecule has 2 unspecified atom stereocenters. The molecule has 0 aromatic carbocycles. The monoisotopic (exact) mass is 298 g/mol. The minimum Gasteiger partial charge on any atom is -0.350 e. The maximum atomic E-state index is 10.7. The molecule has 0 saturated carbocycles. The quantitative estimate of drug-likeness (QED) is 0.683. The number of hydrogen-bond donors (Lipinski definition) is 1. The summed E-state index contributed by atoms with van der Waals surface area (Å²) >= 11 is 6.19. The van der Waals surface area contributed by atoms with E-state index < -0.39 is 4.92 Å². The van der Waals surface area contributed by atoms with E-state index in [1.54, 1.807) is 0 Å². The third kappa shape index (κ3) is 3.02. The highest BCUT2D eigenvalue weighted by atomic mass is 35.5. The summed E-state index contributed by atoms with van der Waals surface area (Å²) in [6.45, 7) is 5.95. The molecule has 1 aliphatic heterocycles. The molecule has 0 bridgehead atoms. The van der Waals surface area contributed by atoms with Crippen LogP contribution in [-0.2, 0) is 0 Å². The van der Waals surface area contributed by atoms with Crippen molar-refractivity contribution in [2.45, 2.75) is 38.8 Å². The second-order valence-electron chi connectivity index (χ2n) is 4.98. The van der Waals surface area contributed by atoms with Crippen LogP contribution in [0.1, 0.15) is 26.7 Å². The molecule has 2 atom stereocenters. The number of piperazine rings is 1. The van der Waals surface area contributed by atoms with Crippen molar-refractivity contribution >= 4 is 23.1 Å². The van der Waals surface area contributed by atoms with Gasteiger partial charge in [-0.15, -0.1) is 0 Å². The number of pyridine rings is 1. The van der Waals surface area contributed by atoms with E-state index in [1.807, 2.05) is 0 Å². The lowest BCUT2D eigenvalue weighted by Crippen LogP contribution is -2.56. The normalized spacial score (nSPS) is 22.9. The van der Waals surface area contributed by atoms with Gasteiger partial charge in [0.05, 0.1) is 9.95 Å². The molecule has 1 N–H and O–H groups in total. The number of nitrogens with one attached hydrogen (secondary N) is 1. The Labute approximate surface area is 123 Å². The Balaban J connectivity index is 2.29. The van der Waals surface area contributed by atoms with Gasteiger partial charge in [-0.3, -0.25) is 10.1 Å². The van der Waals surface area contributed by atoms with Gasteiger partial charge < -0.3 is 10.2 Å². The van der Waals surface area contributed by atoms with Crippen molar-refractivity contribution < 1.29 is 4.92 Å².